The first-order valence-corrected chi connectivity index (χ1v) is 5.45. The van der Waals surface area contributed by atoms with Gasteiger partial charge in [0.1, 0.15) is 12.6 Å². The third-order valence-electron chi connectivity index (χ3n) is 2.28. The van der Waals surface area contributed by atoms with E-state index < -0.39 is 24.1 Å². The normalized spacial score (nSPS) is 13.4. The molecule has 4 N–H and O–H groups in total. The van der Waals surface area contributed by atoms with Crippen LogP contribution in [0.15, 0.2) is 30.3 Å². The highest BCUT2D eigenvalue weighted by Crippen LogP contribution is 2.01. The highest BCUT2D eigenvalue weighted by molar-refractivity contribution is 5.84. The lowest BCUT2D eigenvalue weighted by Gasteiger charge is -2.17. The van der Waals surface area contributed by atoms with Crippen molar-refractivity contribution in [2.75, 3.05) is 0 Å². The molecule has 98 valence electrons. The van der Waals surface area contributed by atoms with E-state index in [1.807, 2.05) is 18.2 Å². The number of nitrogens with one attached hydrogen (secondary N) is 1. The molecule has 2 amide bonds. The Morgan fingerprint density at radius 3 is 2.50 bits per heavy atom. The quantitative estimate of drug-likeness (QED) is 0.694. The number of aliphatic hydroxyl groups excluding tert-OH is 1. The number of nitrogens with two attached hydrogens (primary N) is 1. The van der Waals surface area contributed by atoms with Crippen molar-refractivity contribution >= 4 is 12.0 Å². The molecule has 0 heterocycles. The van der Waals surface area contributed by atoms with Gasteiger partial charge < -0.3 is 20.9 Å². The van der Waals surface area contributed by atoms with Crippen LogP contribution in [0.5, 0.6) is 0 Å². The van der Waals surface area contributed by atoms with Gasteiger partial charge in [-0.2, -0.15) is 0 Å². The number of primary amides is 1. The topological polar surface area (TPSA) is 102 Å². The molecule has 0 aliphatic heterocycles. The Hall–Kier alpha value is -2.08. The fourth-order valence-corrected chi connectivity index (χ4v) is 1.32. The number of ether oxygens (including phenoxy) is 1. The zero-order chi connectivity index (χ0) is 13.5. The Morgan fingerprint density at radius 1 is 1.39 bits per heavy atom. The molecule has 1 aromatic carbocycles. The van der Waals surface area contributed by atoms with Gasteiger partial charge in [-0.3, -0.25) is 4.79 Å². The Morgan fingerprint density at radius 2 is 2.00 bits per heavy atom. The minimum absolute atomic E-state index is 0.0813. The zero-order valence-corrected chi connectivity index (χ0v) is 10.00. The van der Waals surface area contributed by atoms with E-state index in [1.165, 1.54) is 6.92 Å². The summed E-state index contributed by atoms with van der Waals surface area (Å²) >= 11 is 0. The second kappa shape index (κ2) is 6.61. The minimum Gasteiger partial charge on any atom is -0.445 e. The van der Waals surface area contributed by atoms with Gasteiger partial charge in [-0.25, -0.2) is 4.79 Å². The van der Waals surface area contributed by atoms with Crippen molar-refractivity contribution in [1.82, 2.24) is 5.32 Å². The van der Waals surface area contributed by atoms with Gasteiger partial charge in [0.05, 0.1) is 6.10 Å². The van der Waals surface area contributed by atoms with E-state index in [0.29, 0.717) is 0 Å². The van der Waals surface area contributed by atoms with Gasteiger partial charge in [0.2, 0.25) is 5.91 Å². The van der Waals surface area contributed by atoms with E-state index >= 15 is 0 Å². The predicted octanol–water partition coefficient (Wildman–Crippen LogP) is 0.148. The van der Waals surface area contributed by atoms with Gasteiger partial charge in [0.25, 0.3) is 0 Å². The lowest BCUT2D eigenvalue weighted by molar-refractivity contribution is -0.122. The number of alkyl carbamates (subject to hydrolysis) is 1. The van der Waals surface area contributed by atoms with E-state index in [-0.39, 0.29) is 6.61 Å². The first-order chi connectivity index (χ1) is 8.50. The molecular weight excluding hydrogens is 236 g/mol. The molecule has 0 unspecified atom stereocenters. The molecule has 0 spiro atoms. The predicted molar refractivity (Wildman–Crippen MR) is 64.4 cm³/mol. The molecule has 0 radical (unpaired) electrons. The fourth-order valence-electron chi connectivity index (χ4n) is 1.32. The van der Waals surface area contributed by atoms with Gasteiger partial charge in [0, 0.05) is 0 Å². The maximum Gasteiger partial charge on any atom is 0.408 e. The van der Waals surface area contributed by atoms with Crippen molar-refractivity contribution in [1.29, 1.82) is 0 Å². The Balaban J connectivity index is 2.44. The monoisotopic (exact) mass is 252 g/mol. The van der Waals surface area contributed by atoms with Crippen molar-refractivity contribution in [3.63, 3.8) is 0 Å². The van der Waals surface area contributed by atoms with Crippen LogP contribution in [0.3, 0.4) is 0 Å². The number of hydrogen-bond acceptors (Lipinski definition) is 4. The highest BCUT2D eigenvalue weighted by atomic mass is 16.5. The number of aliphatic hydroxyl groups is 1. The number of carbonyl (C=O) groups is 2. The van der Waals surface area contributed by atoms with Crippen LogP contribution >= 0.6 is 0 Å². The van der Waals surface area contributed by atoms with E-state index in [1.54, 1.807) is 12.1 Å². The van der Waals surface area contributed by atoms with Gasteiger partial charge in [0.15, 0.2) is 0 Å². The maximum atomic E-state index is 11.4. The van der Waals surface area contributed by atoms with E-state index in [9.17, 15) is 14.7 Å². The largest absolute Gasteiger partial charge is 0.445 e. The van der Waals surface area contributed by atoms with Crippen LogP contribution in [0.25, 0.3) is 0 Å². The standard InChI is InChI=1S/C12H16N2O4/c1-8(15)10(11(13)16)14-12(17)18-7-9-5-3-2-4-6-9/h2-6,8,10,15H,7H2,1H3,(H2,13,16)(H,14,17)/t8-,10-/m0/s1. The van der Waals surface area contributed by atoms with Gasteiger partial charge in [-0.15, -0.1) is 0 Å². The number of benzene rings is 1. The second-order valence-electron chi connectivity index (χ2n) is 3.83. The summed E-state index contributed by atoms with van der Waals surface area (Å²) < 4.78 is 4.89. The van der Waals surface area contributed by atoms with Crippen molar-refractivity contribution in [3.05, 3.63) is 35.9 Å². The maximum absolute atomic E-state index is 11.4. The third kappa shape index (κ3) is 4.42. The molecule has 6 nitrogen and oxygen atoms in total. The number of rotatable bonds is 5. The van der Waals surface area contributed by atoms with Crippen LogP contribution in [0, 0.1) is 0 Å². The summed E-state index contributed by atoms with van der Waals surface area (Å²) in [5.74, 6) is -0.818. The molecule has 0 aliphatic carbocycles. The summed E-state index contributed by atoms with van der Waals surface area (Å²) in [7, 11) is 0. The molecule has 6 heteroatoms. The Bertz CT molecular complexity index is 406. The molecule has 0 aromatic heterocycles. The molecule has 0 bridgehead atoms. The average molecular weight is 252 g/mol. The van der Waals surface area contributed by atoms with E-state index in [0.717, 1.165) is 5.56 Å². The van der Waals surface area contributed by atoms with Crippen LogP contribution in [-0.2, 0) is 16.1 Å². The first kappa shape index (κ1) is 14.0. The summed E-state index contributed by atoms with van der Waals surface area (Å²) in [6, 6.07) is 7.92. The highest BCUT2D eigenvalue weighted by Gasteiger charge is 2.23. The van der Waals surface area contributed by atoms with Gasteiger partial charge in [-0.05, 0) is 12.5 Å². The Kier molecular flexibility index (Phi) is 5.13. The van der Waals surface area contributed by atoms with Crippen LogP contribution in [0.1, 0.15) is 12.5 Å². The lowest BCUT2D eigenvalue weighted by Crippen LogP contribution is -2.50. The van der Waals surface area contributed by atoms with Crippen LogP contribution in [0.4, 0.5) is 4.79 Å². The van der Waals surface area contributed by atoms with Crippen LogP contribution < -0.4 is 11.1 Å². The molecule has 2 atom stereocenters. The molecule has 1 rings (SSSR count). The SMILES string of the molecule is C[C@H](O)[C@H](NC(=O)OCc1ccccc1)C(N)=O. The second-order valence-corrected chi connectivity index (χ2v) is 3.83. The summed E-state index contributed by atoms with van der Waals surface area (Å²) in [5, 5.41) is 11.4. The fraction of sp³-hybridized carbons (Fsp3) is 0.333. The van der Waals surface area contributed by atoms with Crippen LogP contribution in [-0.4, -0.2) is 29.3 Å². The molecule has 1 aromatic rings. The van der Waals surface area contributed by atoms with Crippen LogP contribution in [0.2, 0.25) is 0 Å². The minimum atomic E-state index is -1.16. The molecule has 0 fully saturated rings. The molecule has 0 aliphatic rings. The zero-order valence-electron chi connectivity index (χ0n) is 10.00. The molecular formula is C12H16N2O4. The van der Waals surface area contributed by atoms with E-state index in [2.05, 4.69) is 5.32 Å². The summed E-state index contributed by atoms with van der Waals surface area (Å²) in [6.07, 6.45) is -1.88. The van der Waals surface area contributed by atoms with Crippen molar-refractivity contribution in [2.45, 2.75) is 25.7 Å². The smallest absolute Gasteiger partial charge is 0.408 e. The van der Waals surface area contributed by atoms with Gasteiger partial charge >= 0.3 is 6.09 Å². The molecule has 0 saturated heterocycles. The summed E-state index contributed by atoms with van der Waals surface area (Å²) in [4.78, 5) is 22.3. The average Bonchev–Trinajstić information content (AvgIpc) is 2.34. The first-order valence-electron chi connectivity index (χ1n) is 5.45. The lowest BCUT2D eigenvalue weighted by atomic mass is 10.2. The van der Waals surface area contributed by atoms with Crippen molar-refractivity contribution in [2.24, 2.45) is 5.73 Å². The molecule has 18 heavy (non-hydrogen) atoms. The summed E-state index contributed by atoms with van der Waals surface area (Å²) in [5.41, 5.74) is 5.84. The Labute approximate surface area is 105 Å². The van der Waals surface area contributed by atoms with Crippen molar-refractivity contribution < 1.29 is 19.4 Å². The third-order valence-corrected chi connectivity index (χ3v) is 2.28. The van der Waals surface area contributed by atoms with Gasteiger partial charge in [-0.1, -0.05) is 30.3 Å². The number of amides is 2. The molecule has 0 saturated carbocycles. The van der Waals surface area contributed by atoms with Crippen molar-refractivity contribution in [3.8, 4) is 0 Å². The summed E-state index contributed by atoms with van der Waals surface area (Å²) in [6.45, 7) is 1.44. The van der Waals surface area contributed by atoms with E-state index in [4.69, 9.17) is 10.5 Å². The number of hydrogen-bond donors (Lipinski definition) is 3. The number of carbonyl (C=O) groups excluding carboxylic acids is 2.